The molecule has 2 rings (SSSR count). The van der Waals surface area contributed by atoms with Gasteiger partial charge in [-0.1, -0.05) is 30.3 Å². The van der Waals surface area contributed by atoms with E-state index in [0.29, 0.717) is 6.04 Å². The number of amides is 1. The van der Waals surface area contributed by atoms with Gasteiger partial charge in [-0.3, -0.25) is 15.1 Å². The van der Waals surface area contributed by atoms with Crippen LogP contribution in [0.5, 0.6) is 0 Å². The minimum atomic E-state index is -0.197. The number of benzene rings is 1. The normalized spacial score (nSPS) is 21.9. The molecule has 2 unspecified atom stereocenters. The molecule has 0 saturated carbocycles. The van der Waals surface area contributed by atoms with Gasteiger partial charge in [-0.15, -0.1) is 0 Å². The average molecular weight is 279 g/mol. The van der Waals surface area contributed by atoms with Gasteiger partial charge in [0.1, 0.15) is 0 Å². The highest BCUT2D eigenvalue weighted by Crippen LogP contribution is 2.22. The number of hydrogen-bond acceptors (Lipinski definition) is 4. The maximum Gasteiger partial charge on any atom is 0.242 e. The summed E-state index contributed by atoms with van der Waals surface area (Å²) in [4.78, 5) is 14.4. The van der Waals surface area contributed by atoms with Crippen LogP contribution in [0.4, 0.5) is 0 Å². The van der Waals surface area contributed by atoms with E-state index in [4.69, 9.17) is 5.84 Å². The maximum atomic E-state index is 12.0. The second kappa shape index (κ2) is 6.93. The molecule has 1 aromatic rings. The Morgan fingerprint density at radius 3 is 2.89 bits per heavy atom. The highest BCUT2D eigenvalue weighted by molar-refractivity contribution is 7.99. The second-order valence-corrected chi connectivity index (χ2v) is 6.04. The molecule has 1 fully saturated rings. The van der Waals surface area contributed by atoms with Gasteiger partial charge in [0.2, 0.25) is 5.91 Å². The Bertz CT molecular complexity index is 412. The van der Waals surface area contributed by atoms with Crippen molar-refractivity contribution in [1.82, 2.24) is 10.3 Å². The summed E-state index contributed by atoms with van der Waals surface area (Å²) in [6.07, 6.45) is 0. The van der Waals surface area contributed by atoms with Crippen LogP contribution in [0, 0.1) is 0 Å². The highest BCUT2D eigenvalue weighted by atomic mass is 32.2. The van der Waals surface area contributed by atoms with Gasteiger partial charge in [0.05, 0.1) is 5.92 Å². The number of rotatable bonds is 4. The first kappa shape index (κ1) is 14.4. The minimum Gasteiger partial charge on any atom is -0.298 e. The molecule has 4 nitrogen and oxygen atoms in total. The molecule has 0 bridgehead atoms. The van der Waals surface area contributed by atoms with Crippen LogP contribution >= 0.6 is 11.8 Å². The maximum absolute atomic E-state index is 12.0. The molecule has 1 aliphatic rings. The van der Waals surface area contributed by atoms with Crippen molar-refractivity contribution in [3.05, 3.63) is 35.9 Å². The van der Waals surface area contributed by atoms with Crippen molar-refractivity contribution >= 4 is 17.7 Å². The van der Waals surface area contributed by atoms with Gasteiger partial charge in [0, 0.05) is 30.6 Å². The third-order valence-electron chi connectivity index (χ3n) is 3.58. The standard InChI is InChI=1S/C14H21N3OS/c1-11-10-19-8-7-17(11)9-13(14(18)16-15)12-5-3-2-4-6-12/h2-6,11,13H,7-10,15H2,1H3,(H,16,18). The van der Waals surface area contributed by atoms with E-state index in [1.165, 1.54) is 0 Å². The Morgan fingerprint density at radius 2 is 2.26 bits per heavy atom. The summed E-state index contributed by atoms with van der Waals surface area (Å²) in [7, 11) is 0. The van der Waals surface area contributed by atoms with Gasteiger partial charge in [-0.2, -0.15) is 11.8 Å². The molecule has 5 heteroatoms. The number of hydrogen-bond donors (Lipinski definition) is 2. The predicted molar refractivity (Wildman–Crippen MR) is 79.9 cm³/mol. The molecule has 104 valence electrons. The molecule has 3 N–H and O–H groups in total. The van der Waals surface area contributed by atoms with Gasteiger partial charge >= 0.3 is 0 Å². The summed E-state index contributed by atoms with van der Waals surface area (Å²) in [5.41, 5.74) is 3.32. The van der Waals surface area contributed by atoms with Gasteiger partial charge < -0.3 is 0 Å². The van der Waals surface area contributed by atoms with Crippen LogP contribution in [0.25, 0.3) is 0 Å². The Hall–Kier alpha value is -1.04. The molecular formula is C14H21N3OS. The lowest BCUT2D eigenvalue weighted by Gasteiger charge is -2.35. The molecule has 0 spiro atoms. The van der Waals surface area contributed by atoms with E-state index in [2.05, 4.69) is 17.2 Å². The number of hydrazine groups is 1. The molecule has 1 aliphatic heterocycles. The molecule has 0 aliphatic carbocycles. The van der Waals surface area contributed by atoms with Gasteiger partial charge in [-0.25, -0.2) is 5.84 Å². The lowest BCUT2D eigenvalue weighted by Crippen LogP contribution is -2.46. The first-order chi connectivity index (χ1) is 9.22. The molecule has 0 radical (unpaired) electrons. The van der Waals surface area contributed by atoms with Gasteiger partial charge in [0.25, 0.3) is 0 Å². The van der Waals surface area contributed by atoms with Crippen LogP contribution in [0.1, 0.15) is 18.4 Å². The van der Waals surface area contributed by atoms with Crippen LogP contribution in [0.3, 0.4) is 0 Å². The fourth-order valence-corrected chi connectivity index (χ4v) is 3.48. The van der Waals surface area contributed by atoms with Crippen LogP contribution < -0.4 is 11.3 Å². The van der Waals surface area contributed by atoms with Crippen molar-refractivity contribution in [3.8, 4) is 0 Å². The summed E-state index contributed by atoms with van der Waals surface area (Å²) in [5.74, 6) is 7.28. The van der Waals surface area contributed by atoms with Crippen LogP contribution in [-0.4, -0.2) is 41.4 Å². The molecule has 2 atom stereocenters. The van der Waals surface area contributed by atoms with E-state index in [1.54, 1.807) is 0 Å². The third-order valence-corrected chi connectivity index (χ3v) is 4.77. The van der Waals surface area contributed by atoms with Crippen LogP contribution in [0.15, 0.2) is 30.3 Å². The number of carbonyl (C=O) groups excluding carboxylic acids is 1. The van der Waals surface area contributed by atoms with Crippen LogP contribution in [-0.2, 0) is 4.79 Å². The Balaban J connectivity index is 2.12. The fraction of sp³-hybridized carbons (Fsp3) is 0.500. The van der Waals surface area contributed by atoms with Crippen molar-refractivity contribution in [2.75, 3.05) is 24.6 Å². The van der Waals surface area contributed by atoms with Crippen molar-refractivity contribution < 1.29 is 4.79 Å². The van der Waals surface area contributed by atoms with E-state index >= 15 is 0 Å². The fourth-order valence-electron chi connectivity index (χ4n) is 2.39. The van der Waals surface area contributed by atoms with Gasteiger partial charge in [0.15, 0.2) is 0 Å². The number of nitrogens with two attached hydrogens (primary N) is 1. The third kappa shape index (κ3) is 3.72. The van der Waals surface area contributed by atoms with E-state index in [9.17, 15) is 4.79 Å². The summed E-state index contributed by atoms with van der Waals surface area (Å²) in [5, 5.41) is 0. The second-order valence-electron chi connectivity index (χ2n) is 4.89. The highest BCUT2D eigenvalue weighted by Gasteiger charge is 2.26. The molecule has 0 aromatic heterocycles. The lowest BCUT2D eigenvalue weighted by atomic mass is 9.97. The lowest BCUT2D eigenvalue weighted by molar-refractivity contribution is -0.123. The van der Waals surface area contributed by atoms with E-state index in [1.807, 2.05) is 42.1 Å². The molecule has 1 aromatic carbocycles. The number of nitrogens with zero attached hydrogens (tertiary/aromatic N) is 1. The molecule has 1 heterocycles. The number of thioether (sulfide) groups is 1. The summed E-state index contributed by atoms with van der Waals surface area (Å²) in [6.45, 7) is 3.98. The van der Waals surface area contributed by atoms with E-state index < -0.39 is 0 Å². The average Bonchev–Trinajstić information content (AvgIpc) is 2.46. The monoisotopic (exact) mass is 279 g/mol. The Morgan fingerprint density at radius 1 is 1.53 bits per heavy atom. The topological polar surface area (TPSA) is 58.4 Å². The summed E-state index contributed by atoms with van der Waals surface area (Å²) >= 11 is 1.98. The molecular weight excluding hydrogens is 258 g/mol. The van der Waals surface area contributed by atoms with E-state index in [-0.39, 0.29) is 11.8 Å². The first-order valence-electron chi connectivity index (χ1n) is 6.59. The Labute approximate surface area is 118 Å². The molecule has 19 heavy (non-hydrogen) atoms. The smallest absolute Gasteiger partial charge is 0.242 e. The van der Waals surface area contributed by atoms with E-state index in [0.717, 1.165) is 30.2 Å². The van der Waals surface area contributed by atoms with Crippen molar-refractivity contribution in [2.24, 2.45) is 5.84 Å². The summed E-state index contributed by atoms with van der Waals surface area (Å²) in [6, 6.07) is 10.4. The van der Waals surface area contributed by atoms with Gasteiger partial charge in [-0.05, 0) is 12.5 Å². The van der Waals surface area contributed by atoms with Crippen LogP contribution in [0.2, 0.25) is 0 Å². The Kier molecular flexibility index (Phi) is 5.24. The zero-order valence-electron chi connectivity index (χ0n) is 11.2. The zero-order chi connectivity index (χ0) is 13.7. The van der Waals surface area contributed by atoms with Crippen molar-refractivity contribution in [1.29, 1.82) is 0 Å². The SMILES string of the molecule is CC1CSCCN1CC(C(=O)NN)c1ccccc1. The van der Waals surface area contributed by atoms with Crippen molar-refractivity contribution in [2.45, 2.75) is 18.9 Å². The largest absolute Gasteiger partial charge is 0.298 e. The zero-order valence-corrected chi connectivity index (χ0v) is 12.0. The first-order valence-corrected chi connectivity index (χ1v) is 7.75. The number of carbonyl (C=O) groups is 1. The summed E-state index contributed by atoms with van der Waals surface area (Å²) < 4.78 is 0. The quantitative estimate of drug-likeness (QED) is 0.494. The molecule has 1 amide bonds. The molecule has 1 saturated heterocycles. The predicted octanol–water partition coefficient (Wildman–Crippen LogP) is 1.20. The number of nitrogens with one attached hydrogen (secondary N) is 1. The van der Waals surface area contributed by atoms with Crippen molar-refractivity contribution in [3.63, 3.8) is 0 Å². The minimum absolute atomic E-state index is 0.114.